The van der Waals surface area contributed by atoms with Gasteiger partial charge in [0.15, 0.2) is 23.3 Å². The van der Waals surface area contributed by atoms with Crippen LogP contribution in [-0.4, -0.2) is 0 Å². The third-order valence-corrected chi connectivity index (χ3v) is 1.41. The molecular weight excluding hydrogens is 210 g/mol. The average molecular weight is 216 g/mol. The molecule has 0 radical (unpaired) electrons. The van der Waals surface area contributed by atoms with E-state index >= 15 is 0 Å². The highest BCUT2D eigenvalue weighted by atomic mass is 35.5. The van der Waals surface area contributed by atoms with Crippen LogP contribution in [0.5, 0.6) is 0 Å². The van der Waals surface area contributed by atoms with Crippen molar-refractivity contribution in [2.75, 3.05) is 0 Å². The third-order valence-electron chi connectivity index (χ3n) is 1.41. The molecule has 1 rings (SSSR count). The fraction of sp³-hybridized carbons (Fsp3) is 0.143. The van der Waals surface area contributed by atoms with Crippen molar-refractivity contribution in [1.82, 2.24) is 0 Å². The van der Waals surface area contributed by atoms with Gasteiger partial charge in [-0.15, -0.1) is 12.4 Å². The van der Waals surface area contributed by atoms with E-state index in [1.165, 1.54) is 0 Å². The summed E-state index contributed by atoms with van der Waals surface area (Å²) in [6, 6.07) is 0.143. The van der Waals surface area contributed by atoms with Gasteiger partial charge in [-0.05, 0) is 0 Å². The van der Waals surface area contributed by atoms with Crippen LogP contribution in [0.2, 0.25) is 0 Å². The van der Waals surface area contributed by atoms with Gasteiger partial charge in [-0.25, -0.2) is 17.6 Å². The molecule has 0 bridgehead atoms. The summed E-state index contributed by atoms with van der Waals surface area (Å²) in [4.78, 5) is 0. The Bertz CT molecular complexity index is 290. The Hall–Kier alpha value is -0.810. The van der Waals surface area contributed by atoms with Crippen LogP contribution in [0.3, 0.4) is 0 Å². The van der Waals surface area contributed by atoms with Crippen LogP contribution in [0.15, 0.2) is 6.07 Å². The maximum Gasteiger partial charge on any atom is 0.166 e. The van der Waals surface area contributed by atoms with Gasteiger partial charge in [-0.2, -0.15) is 0 Å². The molecule has 0 aliphatic carbocycles. The highest BCUT2D eigenvalue weighted by molar-refractivity contribution is 5.85. The second-order valence-corrected chi connectivity index (χ2v) is 2.15. The first-order valence-electron chi connectivity index (χ1n) is 3.10. The summed E-state index contributed by atoms with van der Waals surface area (Å²) in [5.74, 6) is -5.74. The number of hydrogen-bond donors (Lipinski definition) is 1. The van der Waals surface area contributed by atoms with Gasteiger partial charge >= 0.3 is 0 Å². The van der Waals surface area contributed by atoms with E-state index in [2.05, 4.69) is 0 Å². The summed E-state index contributed by atoms with van der Waals surface area (Å²) in [5, 5.41) is 0. The van der Waals surface area contributed by atoms with E-state index in [4.69, 9.17) is 5.73 Å². The molecule has 2 N–H and O–H groups in total. The first kappa shape index (κ1) is 12.2. The van der Waals surface area contributed by atoms with Crippen molar-refractivity contribution in [1.29, 1.82) is 0 Å². The lowest BCUT2D eigenvalue weighted by Gasteiger charge is -2.02. The van der Waals surface area contributed by atoms with Crippen molar-refractivity contribution >= 4 is 12.4 Å². The first-order chi connectivity index (χ1) is 5.57. The highest BCUT2D eigenvalue weighted by Gasteiger charge is 2.16. The van der Waals surface area contributed by atoms with E-state index in [1.807, 2.05) is 0 Å². The van der Waals surface area contributed by atoms with Crippen molar-refractivity contribution < 1.29 is 17.6 Å². The minimum Gasteiger partial charge on any atom is -0.326 e. The molecule has 6 heteroatoms. The van der Waals surface area contributed by atoms with Gasteiger partial charge in [0.1, 0.15) is 0 Å². The summed E-state index contributed by atoms with van der Waals surface area (Å²) < 4.78 is 49.9. The number of rotatable bonds is 1. The molecule has 0 spiro atoms. The van der Waals surface area contributed by atoms with E-state index in [1.54, 1.807) is 0 Å². The molecule has 0 atom stereocenters. The predicted molar refractivity (Wildman–Crippen MR) is 41.4 cm³/mol. The van der Waals surface area contributed by atoms with E-state index in [0.29, 0.717) is 0 Å². The number of hydrogen-bond acceptors (Lipinski definition) is 1. The highest BCUT2D eigenvalue weighted by Crippen LogP contribution is 2.18. The Morgan fingerprint density at radius 1 is 1.00 bits per heavy atom. The summed E-state index contributed by atoms with van der Waals surface area (Å²) in [6.45, 7) is -0.577. The molecule has 0 saturated heterocycles. The van der Waals surface area contributed by atoms with Gasteiger partial charge in [0.2, 0.25) is 0 Å². The minimum atomic E-state index is -1.44. The second-order valence-electron chi connectivity index (χ2n) is 2.15. The van der Waals surface area contributed by atoms with Crippen molar-refractivity contribution in [2.24, 2.45) is 5.73 Å². The molecule has 13 heavy (non-hydrogen) atoms. The van der Waals surface area contributed by atoms with Crippen LogP contribution in [-0.2, 0) is 6.54 Å². The van der Waals surface area contributed by atoms with Crippen LogP contribution in [0.1, 0.15) is 5.56 Å². The smallest absolute Gasteiger partial charge is 0.166 e. The standard InChI is InChI=1S/C7H5F4N.ClH/c8-4-1-5(9)7(11)3(2-12)6(4)10;/h1H,2,12H2;1H. The number of nitrogens with two attached hydrogens (primary N) is 1. The maximum absolute atomic E-state index is 12.6. The summed E-state index contributed by atoms with van der Waals surface area (Å²) >= 11 is 0. The van der Waals surface area contributed by atoms with Gasteiger partial charge in [0.05, 0.1) is 0 Å². The Morgan fingerprint density at radius 2 is 1.38 bits per heavy atom. The van der Waals surface area contributed by atoms with E-state index < -0.39 is 35.4 Å². The van der Waals surface area contributed by atoms with Gasteiger partial charge in [0, 0.05) is 18.2 Å². The summed E-state index contributed by atoms with van der Waals surface area (Å²) in [5.41, 5.74) is 4.11. The van der Waals surface area contributed by atoms with Crippen molar-refractivity contribution in [2.45, 2.75) is 6.54 Å². The molecule has 1 nitrogen and oxygen atoms in total. The molecule has 0 saturated carbocycles. The Morgan fingerprint density at radius 3 is 1.69 bits per heavy atom. The average Bonchev–Trinajstić information content (AvgIpc) is 2.02. The third kappa shape index (κ3) is 2.10. The van der Waals surface area contributed by atoms with Gasteiger partial charge in [0.25, 0.3) is 0 Å². The molecule has 74 valence electrons. The Kier molecular flexibility index (Phi) is 4.16. The maximum atomic E-state index is 12.6. The van der Waals surface area contributed by atoms with Crippen molar-refractivity contribution in [3.8, 4) is 0 Å². The first-order valence-corrected chi connectivity index (χ1v) is 3.10. The minimum absolute atomic E-state index is 0. The van der Waals surface area contributed by atoms with Gasteiger partial charge < -0.3 is 5.73 Å². The molecule has 0 aromatic heterocycles. The lowest BCUT2D eigenvalue weighted by molar-refractivity contribution is 0.439. The van der Waals surface area contributed by atoms with Crippen LogP contribution in [0.25, 0.3) is 0 Å². The molecule has 0 aliphatic rings. The summed E-state index contributed by atoms with van der Waals surface area (Å²) in [6.07, 6.45) is 0. The SMILES string of the molecule is Cl.NCc1c(F)c(F)cc(F)c1F. The lowest BCUT2D eigenvalue weighted by atomic mass is 10.2. The predicted octanol–water partition coefficient (Wildman–Crippen LogP) is 2.12. The van der Waals surface area contributed by atoms with E-state index in [9.17, 15) is 17.6 Å². The molecule has 0 unspecified atom stereocenters. The van der Waals surface area contributed by atoms with Crippen molar-refractivity contribution in [3.05, 3.63) is 34.9 Å². The Labute approximate surface area is 78.0 Å². The molecule has 0 amide bonds. The normalized spacial score (nSPS) is 9.62. The Balaban J connectivity index is 0.00000144. The monoisotopic (exact) mass is 215 g/mol. The number of halogens is 5. The van der Waals surface area contributed by atoms with Crippen LogP contribution < -0.4 is 5.73 Å². The van der Waals surface area contributed by atoms with E-state index in [-0.39, 0.29) is 18.5 Å². The zero-order chi connectivity index (χ0) is 9.30. The largest absolute Gasteiger partial charge is 0.326 e. The zero-order valence-corrected chi connectivity index (χ0v) is 7.10. The zero-order valence-electron chi connectivity index (χ0n) is 6.28. The molecule has 1 aromatic rings. The molecule has 0 fully saturated rings. The van der Waals surface area contributed by atoms with Crippen LogP contribution in [0.4, 0.5) is 17.6 Å². The topological polar surface area (TPSA) is 26.0 Å². The fourth-order valence-electron chi connectivity index (χ4n) is 0.802. The molecule has 0 heterocycles. The number of benzene rings is 1. The van der Waals surface area contributed by atoms with Gasteiger partial charge in [-0.1, -0.05) is 0 Å². The quantitative estimate of drug-likeness (QED) is 0.564. The van der Waals surface area contributed by atoms with E-state index in [0.717, 1.165) is 0 Å². The molecule has 1 aromatic carbocycles. The van der Waals surface area contributed by atoms with Crippen molar-refractivity contribution in [3.63, 3.8) is 0 Å². The fourth-order valence-corrected chi connectivity index (χ4v) is 0.802. The second kappa shape index (κ2) is 4.43. The molecular formula is C7H6ClF4N. The lowest BCUT2D eigenvalue weighted by Crippen LogP contribution is -2.07. The summed E-state index contributed by atoms with van der Waals surface area (Å²) in [7, 11) is 0. The van der Waals surface area contributed by atoms with Crippen LogP contribution in [0, 0.1) is 23.3 Å². The molecule has 0 aliphatic heterocycles. The van der Waals surface area contributed by atoms with Gasteiger partial charge in [-0.3, -0.25) is 0 Å². The van der Waals surface area contributed by atoms with Crippen LogP contribution >= 0.6 is 12.4 Å².